The lowest BCUT2D eigenvalue weighted by Crippen LogP contribution is -2.06. The molecule has 2 heterocycles. The van der Waals surface area contributed by atoms with E-state index in [0.29, 0.717) is 18.0 Å². The minimum atomic E-state index is -0.374. The number of benzene rings is 1. The van der Waals surface area contributed by atoms with E-state index in [1.807, 2.05) is 49.6 Å². The van der Waals surface area contributed by atoms with E-state index in [4.69, 9.17) is 4.74 Å². The Morgan fingerprint density at radius 1 is 1.24 bits per heavy atom. The number of hydrogen-bond donors (Lipinski definition) is 0. The number of ether oxygens (including phenoxy) is 1. The lowest BCUT2D eigenvalue weighted by atomic mass is 10.1. The first-order chi connectivity index (χ1) is 10.1. The number of aryl methyl sites for hydroxylation is 2. The molecule has 1 aromatic carbocycles. The topological polar surface area (TPSA) is 38.7 Å². The number of hydrogen-bond acceptors (Lipinski definition) is 4. The molecule has 0 fully saturated rings. The summed E-state index contributed by atoms with van der Waals surface area (Å²) in [5.74, 6) is 0.0185. The van der Waals surface area contributed by atoms with Crippen molar-refractivity contribution in [3.8, 4) is 0 Å². The molecule has 0 amide bonds. The number of carbonyl (C=O) groups is 1. The highest BCUT2D eigenvalue weighted by atomic mass is 32.1. The smallest absolute Gasteiger partial charge is 0.363 e. The fourth-order valence-corrected chi connectivity index (χ4v) is 2.96. The van der Waals surface area contributed by atoms with Crippen molar-refractivity contribution in [1.82, 2.24) is 0 Å². The molecule has 0 radical (unpaired) electrons. The monoisotopic (exact) mass is 297 g/mol. The molecule has 4 heteroatoms. The van der Waals surface area contributed by atoms with Crippen LogP contribution in [0.5, 0.6) is 0 Å². The van der Waals surface area contributed by atoms with Crippen LogP contribution in [-0.4, -0.2) is 11.9 Å². The third-order valence-electron chi connectivity index (χ3n) is 3.17. The second-order valence-electron chi connectivity index (χ2n) is 5.06. The van der Waals surface area contributed by atoms with E-state index in [9.17, 15) is 4.79 Å². The van der Waals surface area contributed by atoms with E-state index >= 15 is 0 Å². The Hall–Kier alpha value is -2.20. The van der Waals surface area contributed by atoms with Gasteiger partial charge in [-0.25, -0.2) is 9.79 Å². The molecule has 0 unspecified atom stereocenters. The highest BCUT2D eigenvalue weighted by Crippen LogP contribution is 2.20. The first kappa shape index (κ1) is 13.8. The molecule has 2 aromatic rings. The van der Waals surface area contributed by atoms with Crippen LogP contribution in [0.4, 0.5) is 0 Å². The average Bonchev–Trinajstić information content (AvgIpc) is 3.05. The molecule has 0 saturated heterocycles. The van der Waals surface area contributed by atoms with Crippen LogP contribution in [0.3, 0.4) is 0 Å². The van der Waals surface area contributed by atoms with E-state index in [2.05, 4.69) is 11.1 Å². The zero-order valence-corrected chi connectivity index (χ0v) is 12.7. The van der Waals surface area contributed by atoms with Crippen LogP contribution in [0.1, 0.15) is 21.6 Å². The highest BCUT2D eigenvalue weighted by Gasteiger charge is 2.24. The zero-order chi connectivity index (χ0) is 14.8. The van der Waals surface area contributed by atoms with Gasteiger partial charge in [0.2, 0.25) is 5.90 Å². The van der Waals surface area contributed by atoms with Crippen LogP contribution in [-0.2, 0) is 16.0 Å². The minimum absolute atomic E-state index is 0.374. The fraction of sp³-hybridized carbons (Fsp3) is 0.176. The number of thiophene rings is 1. The SMILES string of the molecule is Cc1cc(C)cc(C2=N/C(=C/Cc3cccs3)C(=O)O2)c1. The van der Waals surface area contributed by atoms with Crippen LogP contribution in [0.25, 0.3) is 0 Å². The van der Waals surface area contributed by atoms with Crippen LogP contribution in [0.15, 0.2) is 52.5 Å². The van der Waals surface area contributed by atoms with E-state index in [0.717, 1.165) is 16.7 Å². The number of aliphatic imine (C=N–C) groups is 1. The number of rotatable bonds is 3. The van der Waals surface area contributed by atoms with E-state index < -0.39 is 0 Å². The maximum atomic E-state index is 11.9. The molecular formula is C17H15NO2S. The van der Waals surface area contributed by atoms with Crippen molar-refractivity contribution in [2.24, 2.45) is 4.99 Å². The second-order valence-corrected chi connectivity index (χ2v) is 6.09. The summed E-state index contributed by atoms with van der Waals surface area (Å²) >= 11 is 1.66. The largest absolute Gasteiger partial charge is 0.402 e. The number of carbonyl (C=O) groups excluding carboxylic acids is 1. The molecule has 0 saturated carbocycles. The summed E-state index contributed by atoms with van der Waals surface area (Å²) in [6.07, 6.45) is 2.52. The van der Waals surface area contributed by atoms with Gasteiger partial charge in [-0.15, -0.1) is 11.3 Å². The number of esters is 1. The van der Waals surface area contributed by atoms with Crippen molar-refractivity contribution >= 4 is 23.2 Å². The summed E-state index contributed by atoms with van der Waals surface area (Å²) in [7, 11) is 0. The molecule has 106 valence electrons. The first-order valence-corrected chi connectivity index (χ1v) is 7.62. The Bertz CT molecular complexity index is 722. The van der Waals surface area contributed by atoms with E-state index in [1.165, 1.54) is 4.88 Å². The van der Waals surface area contributed by atoms with Gasteiger partial charge >= 0.3 is 5.97 Å². The van der Waals surface area contributed by atoms with Gasteiger partial charge in [0.05, 0.1) is 0 Å². The number of nitrogens with zero attached hydrogens (tertiary/aromatic N) is 1. The van der Waals surface area contributed by atoms with Crippen molar-refractivity contribution in [2.45, 2.75) is 20.3 Å². The van der Waals surface area contributed by atoms with Crippen LogP contribution in [0, 0.1) is 13.8 Å². The molecule has 0 bridgehead atoms. The van der Waals surface area contributed by atoms with Crippen molar-refractivity contribution < 1.29 is 9.53 Å². The van der Waals surface area contributed by atoms with Gasteiger partial charge in [0.1, 0.15) is 5.70 Å². The quantitative estimate of drug-likeness (QED) is 0.638. The van der Waals surface area contributed by atoms with Gasteiger partial charge in [0, 0.05) is 16.9 Å². The van der Waals surface area contributed by atoms with Crippen LogP contribution >= 0.6 is 11.3 Å². The van der Waals surface area contributed by atoms with Gasteiger partial charge in [0.25, 0.3) is 0 Å². The van der Waals surface area contributed by atoms with Crippen LogP contribution in [0.2, 0.25) is 0 Å². The molecule has 1 aliphatic heterocycles. The molecule has 1 aliphatic rings. The Morgan fingerprint density at radius 2 is 2.00 bits per heavy atom. The van der Waals surface area contributed by atoms with Gasteiger partial charge in [-0.1, -0.05) is 23.3 Å². The molecular weight excluding hydrogens is 282 g/mol. The van der Waals surface area contributed by atoms with Gasteiger partial charge in [-0.2, -0.15) is 0 Å². The van der Waals surface area contributed by atoms with Gasteiger partial charge in [-0.3, -0.25) is 0 Å². The molecule has 0 atom stereocenters. The van der Waals surface area contributed by atoms with Crippen molar-refractivity contribution in [1.29, 1.82) is 0 Å². The molecule has 21 heavy (non-hydrogen) atoms. The van der Waals surface area contributed by atoms with Gasteiger partial charge < -0.3 is 4.74 Å². The molecule has 3 nitrogen and oxygen atoms in total. The average molecular weight is 297 g/mol. The van der Waals surface area contributed by atoms with Crippen molar-refractivity contribution in [3.63, 3.8) is 0 Å². The predicted molar refractivity (Wildman–Crippen MR) is 84.7 cm³/mol. The van der Waals surface area contributed by atoms with Gasteiger partial charge in [-0.05, 0) is 43.5 Å². The number of allylic oxidation sites excluding steroid dienone is 1. The summed E-state index contributed by atoms with van der Waals surface area (Å²) in [5.41, 5.74) is 3.48. The van der Waals surface area contributed by atoms with E-state index in [-0.39, 0.29) is 5.97 Å². The molecule has 1 aromatic heterocycles. The van der Waals surface area contributed by atoms with E-state index in [1.54, 1.807) is 11.3 Å². The minimum Gasteiger partial charge on any atom is -0.402 e. The normalized spacial score (nSPS) is 16.2. The predicted octanol–water partition coefficient (Wildman–Crippen LogP) is 3.79. The number of cyclic esters (lactones) is 1. The summed E-state index contributed by atoms with van der Waals surface area (Å²) in [6, 6.07) is 10.1. The lowest BCUT2D eigenvalue weighted by Gasteiger charge is -2.03. The Labute approximate surface area is 127 Å². The molecule has 0 aliphatic carbocycles. The Morgan fingerprint density at radius 3 is 2.67 bits per heavy atom. The maximum Gasteiger partial charge on any atom is 0.363 e. The van der Waals surface area contributed by atoms with Gasteiger partial charge in [0.15, 0.2) is 0 Å². The maximum absolute atomic E-state index is 11.9. The lowest BCUT2D eigenvalue weighted by molar-refractivity contribution is -0.130. The third kappa shape index (κ3) is 3.11. The van der Waals surface area contributed by atoms with Crippen molar-refractivity contribution in [2.75, 3.05) is 0 Å². The van der Waals surface area contributed by atoms with Crippen LogP contribution < -0.4 is 0 Å². The first-order valence-electron chi connectivity index (χ1n) is 6.74. The summed E-state index contributed by atoms with van der Waals surface area (Å²) in [4.78, 5) is 17.4. The summed E-state index contributed by atoms with van der Waals surface area (Å²) < 4.78 is 5.29. The fourth-order valence-electron chi connectivity index (χ4n) is 2.29. The molecule has 0 N–H and O–H groups in total. The standard InChI is InChI=1S/C17H15NO2S/c1-11-8-12(2)10-13(9-11)16-18-15(17(19)20-16)6-5-14-4-3-7-21-14/h3-4,6-10H,5H2,1-2H3/b15-6+. The summed E-state index contributed by atoms with van der Waals surface area (Å²) in [6.45, 7) is 4.03. The zero-order valence-electron chi connectivity index (χ0n) is 11.9. The second kappa shape index (κ2) is 5.66. The highest BCUT2D eigenvalue weighted by molar-refractivity contribution is 7.09. The molecule has 0 spiro atoms. The van der Waals surface area contributed by atoms with Crippen molar-refractivity contribution in [3.05, 3.63) is 69.1 Å². The Kier molecular flexibility index (Phi) is 3.71. The molecule has 3 rings (SSSR count). The summed E-state index contributed by atoms with van der Waals surface area (Å²) in [5, 5.41) is 2.02. The third-order valence-corrected chi connectivity index (χ3v) is 4.06. The Balaban J connectivity index is 1.86.